The Bertz CT molecular complexity index is 675. The third-order valence-electron chi connectivity index (χ3n) is 8.40. The molecule has 0 spiro atoms. The van der Waals surface area contributed by atoms with E-state index in [-0.39, 0.29) is 34.9 Å². The van der Waals surface area contributed by atoms with Gasteiger partial charge in [-0.2, -0.15) is 0 Å². The lowest BCUT2D eigenvalue weighted by atomic mass is 9.47. The molecule has 0 radical (unpaired) electrons. The minimum Gasteiger partial charge on any atom is -0.389 e. The van der Waals surface area contributed by atoms with Crippen molar-refractivity contribution in [3.05, 3.63) is 23.8 Å². The van der Waals surface area contributed by atoms with Gasteiger partial charge < -0.3 is 5.11 Å². The van der Waals surface area contributed by atoms with Crippen LogP contribution in [0.3, 0.4) is 0 Å². The van der Waals surface area contributed by atoms with Crippen LogP contribution in [0, 0.1) is 40.4 Å². The molecule has 0 bridgehead atoms. The van der Waals surface area contributed by atoms with Crippen LogP contribution in [0.25, 0.3) is 0 Å². The molecule has 3 nitrogen and oxygen atoms in total. The van der Waals surface area contributed by atoms with Crippen molar-refractivity contribution in [1.82, 2.24) is 0 Å². The van der Waals surface area contributed by atoms with Gasteiger partial charge in [0.05, 0.1) is 0 Å². The largest absolute Gasteiger partial charge is 0.389 e. The first-order valence-corrected chi connectivity index (χ1v) is 9.89. The van der Waals surface area contributed by atoms with Crippen LogP contribution in [0.1, 0.15) is 52.9 Å². The van der Waals surface area contributed by atoms with Crippen molar-refractivity contribution < 1.29 is 14.7 Å². The Morgan fingerprint density at radius 2 is 2.04 bits per heavy atom. The summed E-state index contributed by atoms with van der Waals surface area (Å²) in [5, 5.41) is 9.47. The Morgan fingerprint density at radius 1 is 1.28 bits per heavy atom. The van der Waals surface area contributed by atoms with E-state index in [1.54, 1.807) is 6.08 Å². The average Bonchev–Trinajstić information content (AvgIpc) is 2.85. The first kappa shape index (κ1) is 17.2. The molecule has 0 aromatic heterocycles. The Hall–Kier alpha value is -1.22. The van der Waals surface area contributed by atoms with Gasteiger partial charge in [0.1, 0.15) is 6.61 Å². The molecule has 3 fully saturated rings. The minimum absolute atomic E-state index is 0.0108. The average molecular weight is 342 g/mol. The van der Waals surface area contributed by atoms with Gasteiger partial charge in [0.15, 0.2) is 11.6 Å². The van der Waals surface area contributed by atoms with Crippen molar-refractivity contribution in [1.29, 1.82) is 0 Å². The lowest BCUT2D eigenvalue weighted by molar-refractivity contribution is -0.133. The monoisotopic (exact) mass is 342 g/mol. The highest BCUT2D eigenvalue weighted by Crippen LogP contribution is 2.67. The van der Waals surface area contributed by atoms with E-state index >= 15 is 0 Å². The third-order valence-corrected chi connectivity index (χ3v) is 8.40. The zero-order valence-electron chi connectivity index (χ0n) is 15.6. The summed E-state index contributed by atoms with van der Waals surface area (Å²) < 4.78 is 0. The highest BCUT2D eigenvalue weighted by atomic mass is 16.3. The highest BCUT2D eigenvalue weighted by Gasteiger charge is 2.61. The summed E-state index contributed by atoms with van der Waals surface area (Å²) in [5.74, 6) is 2.31. The molecule has 0 unspecified atom stereocenters. The van der Waals surface area contributed by atoms with E-state index < -0.39 is 0 Å². The summed E-state index contributed by atoms with van der Waals surface area (Å²) in [5.41, 5.74) is 1.37. The maximum absolute atomic E-state index is 12.5. The Kier molecular flexibility index (Phi) is 3.88. The summed E-state index contributed by atoms with van der Waals surface area (Å²) in [7, 11) is 0. The Morgan fingerprint density at radius 3 is 2.76 bits per heavy atom. The number of ketones is 2. The van der Waals surface area contributed by atoms with Gasteiger partial charge in [-0.1, -0.05) is 32.4 Å². The van der Waals surface area contributed by atoms with Gasteiger partial charge in [-0.05, 0) is 73.3 Å². The molecular weight excluding hydrogens is 312 g/mol. The normalized spacial score (nSPS) is 48.4. The van der Waals surface area contributed by atoms with Crippen LogP contribution >= 0.6 is 0 Å². The van der Waals surface area contributed by atoms with Crippen LogP contribution in [0.2, 0.25) is 0 Å². The first-order valence-electron chi connectivity index (χ1n) is 9.89. The number of rotatable bonds is 2. The number of aliphatic hydroxyl groups is 1. The maximum Gasteiger partial charge on any atom is 0.178 e. The van der Waals surface area contributed by atoms with Gasteiger partial charge in [0, 0.05) is 11.3 Å². The number of aliphatic hydroxyl groups excluding tert-OH is 1. The van der Waals surface area contributed by atoms with Crippen LogP contribution in [0.15, 0.2) is 23.8 Å². The highest BCUT2D eigenvalue weighted by molar-refractivity contribution is 6.01. The van der Waals surface area contributed by atoms with Crippen LogP contribution in [-0.4, -0.2) is 23.3 Å². The molecule has 0 aromatic rings. The van der Waals surface area contributed by atoms with Gasteiger partial charge in [-0.15, -0.1) is 0 Å². The molecule has 25 heavy (non-hydrogen) atoms. The molecule has 0 saturated heterocycles. The second-order valence-corrected chi connectivity index (χ2v) is 9.46. The predicted octanol–water partition coefficient (Wildman–Crippen LogP) is 3.72. The molecule has 3 saturated carbocycles. The number of hydrogen-bond acceptors (Lipinski definition) is 3. The lowest BCUT2D eigenvalue weighted by Crippen LogP contribution is -2.50. The van der Waals surface area contributed by atoms with E-state index in [0.29, 0.717) is 23.7 Å². The van der Waals surface area contributed by atoms with Gasteiger partial charge in [-0.3, -0.25) is 9.59 Å². The van der Waals surface area contributed by atoms with Crippen LogP contribution in [0.5, 0.6) is 0 Å². The van der Waals surface area contributed by atoms with Crippen LogP contribution in [0.4, 0.5) is 0 Å². The molecule has 0 aromatic carbocycles. The number of carbonyl (C=O) groups excluding carboxylic acids is 2. The molecule has 0 amide bonds. The van der Waals surface area contributed by atoms with E-state index in [4.69, 9.17) is 0 Å². The molecule has 136 valence electrons. The number of allylic oxidation sites excluding steroid dienone is 4. The van der Waals surface area contributed by atoms with E-state index in [1.165, 1.54) is 5.57 Å². The summed E-state index contributed by atoms with van der Waals surface area (Å²) in [6.45, 7) is 6.51. The van der Waals surface area contributed by atoms with Crippen LogP contribution in [-0.2, 0) is 9.59 Å². The van der Waals surface area contributed by atoms with Gasteiger partial charge in [0.2, 0.25) is 0 Å². The Balaban J connectivity index is 1.68. The van der Waals surface area contributed by atoms with Crippen molar-refractivity contribution in [3.63, 3.8) is 0 Å². The number of fused-ring (bicyclic) bond motifs is 5. The van der Waals surface area contributed by atoms with E-state index in [9.17, 15) is 14.7 Å². The quantitative estimate of drug-likeness (QED) is 0.832. The van der Waals surface area contributed by atoms with Crippen molar-refractivity contribution in [2.24, 2.45) is 40.4 Å². The minimum atomic E-state index is -0.319. The molecule has 1 N–H and O–H groups in total. The molecular formula is C22H30O3. The van der Waals surface area contributed by atoms with E-state index in [0.717, 1.165) is 32.1 Å². The van der Waals surface area contributed by atoms with E-state index in [2.05, 4.69) is 26.8 Å². The Labute approximate surface area is 150 Å². The van der Waals surface area contributed by atoms with Gasteiger partial charge in [0.25, 0.3) is 0 Å². The molecule has 0 aliphatic heterocycles. The standard InChI is InChI=1S/C22H30O3/c1-13-10-18-16-5-4-14-11-15(24)6-8-21(14,2)17(16)7-9-22(18,3)20(13)19(25)12-23/h6,8,11,13,16-18,20,23H,4-5,7,9-10,12H2,1-3H3/t13-,16+,17-,18-,20+,21-,22-/m0/s1. The smallest absolute Gasteiger partial charge is 0.178 e. The van der Waals surface area contributed by atoms with Gasteiger partial charge >= 0.3 is 0 Å². The number of hydrogen-bond donors (Lipinski definition) is 1. The lowest BCUT2D eigenvalue weighted by Gasteiger charge is -2.56. The zero-order valence-corrected chi connectivity index (χ0v) is 15.6. The predicted molar refractivity (Wildman–Crippen MR) is 96.7 cm³/mol. The second kappa shape index (κ2) is 5.64. The maximum atomic E-state index is 12.5. The fourth-order valence-electron chi connectivity index (χ4n) is 7.35. The zero-order chi connectivity index (χ0) is 18.0. The number of Topliss-reactive ketones (excluding diaryl/α,β-unsaturated/α-hetero) is 1. The summed E-state index contributed by atoms with van der Waals surface area (Å²) in [6, 6.07) is 0. The van der Waals surface area contributed by atoms with Crippen molar-refractivity contribution in [3.8, 4) is 0 Å². The summed E-state index contributed by atoms with van der Waals surface area (Å²) >= 11 is 0. The SMILES string of the molecule is C[C@H]1C[C@H]2[C@@H]3CCC4=CC(=O)C=C[C@]4(C)[C@H]3CC[C@]2(C)[C@H]1C(=O)CO. The first-order chi connectivity index (χ1) is 11.8. The van der Waals surface area contributed by atoms with Crippen molar-refractivity contribution in [2.75, 3.05) is 6.61 Å². The molecule has 0 heterocycles. The second-order valence-electron chi connectivity index (χ2n) is 9.46. The van der Waals surface area contributed by atoms with Crippen molar-refractivity contribution >= 4 is 11.6 Å². The molecule has 3 heteroatoms. The molecule has 4 aliphatic rings. The third kappa shape index (κ3) is 2.27. The molecule has 4 rings (SSSR count). The van der Waals surface area contributed by atoms with Gasteiger partial charge in [-0.25, -0.2) is 0 Å². The topological polar surface area (TPSA) is 54.4 Å². The summed E-state index contributed by atoms with van der Waals surface area (Å²) in [4.78, 5) is 24.3. The fourth-order valence-corrected chi connectivity index (χ4v) is 7.35. The van der Waals surface area contributed by atoms with E-state index in [1.807, 2.05) is 6.08 Å². The fraction of sp³-hybridized carbons (Fsp3) is 0.727. The molecule has 7 atom stereocenters. The summed E-state index contributed by atoms with van der Waals surface area (Å²) in [6.07, 6.45) is 11.2. The van der Waals surface area contributed by atoms with Crippen LogP contribution < -0.4 is 0 Å². The van der Waals surface area contributed by atoms with Crippen molar-refractivity contribution in [2.45, 2.75) is 52.9 Å². The molecule has 4 aliphatic carbocycles. The number of carbonyl (C=O) groups is 2.